The summed E-state index contributed by atoms with van der Waals surface area (Å²) in [6.45, 7) is -0.0852. The number of hydrogen-bond donors (Lipinski definition) is 2. The minimum atomic E-state index is -3.72. The first-order valence-corrected chi connectivity index (χ1v) is 12.6. The van der Waals surface area contributed by atoms with Crippen LogP contribution in [0, 0.1) is 0 Å². The van der Waals surface area contributed by atoms with Crippen molar-refractivity contribution in [2.75, 3.05) is 32.7 Å². The van der Waals surface area contributed by atoms with Gasteiger partial charge in [0.2, 0.25) is 10.0 Å². The molecule has 11 heteroatoms. The van der Waals surface area contributed by atoms with Gasteiger partial charge in [0.05, 0.1) is 29.8 Å². The Kier molecular flexibility index (Phi) is 9.22. The Bertz CT molecular complexity index is 1280. The highest BCUT2D eigenvalue weighted by Gasteiger charge is 2.14. The van der Waals surface area contributed by atoms with Crippen molar-refractivity contribution < 1.29 is 27.4 Å². The summed E-state index contributed by atoms with van der Waals surface area (Å²) in [7, 11) is -0.631. The zero-order valence-electron chi connectivity index (χ0n) is 19.0. The summed E-state index contributed by atoms with van der Waals surface area (Å²) in [5, 5.41) is 3.38. The fourth-order valence-electron chi connectivity index (χ4n) is 3.09. The van der Waals surface area contributed by atoms with Crippen molar-refractivity contribution in [2.24, 2.45) is 0 Å². The molecule has 0 aliphatic carbocycles. The molecule has 0 aliphatic heterocycles. The first-order chi connectivity index (χ1) is 16.7. The Hall–Kier alpha value is -2.98. The number of halogens is 2. The SMILES string of the molecule is COc1ccc(CCNS(=O)(=O)c2ccc(OCC(=O)Nc3ccc(Cl)cc3Cl)cc2)cc1OC. The molecule has 0 saturated heterocycles. The third kappa shape index (κ3) is 7.50. The zero-order chi connectivity index (χ0) is 25.4. The number of anilines is 1. The van der Waals surface area contributed by atoms with Crippen LogP contribution in [0.25, 0.3) is 0 Å². The highest BCUT2D eigenvalue weighted by atomic mass is 35.5. The number of carbonyl (C=O) groups is 1. The van der Waals surface area contributed by atoms with E-state index in [0.717, 1.165) is 5.56 Å². The maximum absolute atomic E-state index is 12.6. The second kappa shape index (κ2) is 12.1. The smallest absolute Gasteiger partial charge is 0.262 e. The van der Waals surface area contributed by atoms with E-state index < -0.39 is 15.9 Å². The molecule has 0 atom stereocenters. The van der Waals surface area contributed by atoms with E-state index in [1.165, 1.54) is 30.3 Å². The third-order valence-electron chi connectivity index (χ3n) is 4.86. The summed E-state index contributed by atoms with van der Waals surface area (Å²) in [6, 6.07) is 15.9. The van der Waals surface area contributed by atoms with Crippen molar-refractivity contribution in [3.8, 4) is 17.2 Å². The van der Waals surface area contributed by atoms with Gasteiger partial charge in [-0.1, -0.05) is 29.3 Å². The normalized spacial score (nSPS) is 11.1. The van der Waals surface area contributed by atoms with E-state index in [0.29, 0.717) is 39.4 Å². The fourth-order valence-corrected chi connectivity index (χ4v) is 4.58. The Labute approximate surface area is 214 Å². The predicted octanol–water partition coefficient (Wildman–Crippen LogP) is 4.55. The van der Waals surface area contributed by atoms with Crippen molar-refractivity contribution in [1.82, 2.24) is 4.72 Å². The van der Waals surface area contributed by atoms with Crippen LogP contribution in [0.2, 0.25) is 10.0 Å². The van der Waals surface area contributed by atoms with Gasteiger partial charge in [-0.15, -0.1) is 0 Å². The average Bonchev–Trinajstić information content (AvgIpc) is 2.84. The molecule has 8 nitrogen and oxygen atoms in total. The number of methoxy groups -OCH3 is 2. The molecule has 3 aromatic rings. The number of hydrogen-bond acceptors (Lipinski definition) is 6. The largest absolute Gasteiger partial charge is 0.493 e. The molecule has 0 unspecified atom stereocenters. The molecular weight excluding hydrogens is 515 g/mol. The van der Waals surface area contributed by atoms with Gasteiger partial charge in [-0.2, -0.15) is 0 Å². The highest BCUT2D eigenvalue weighted by Crippen LogP contribution is 2.28. The number of carbonyl (C=O) groups excluding carboxylic acids is 1. The molecular formula is C24H24Cl2N2O6S. The molecule has 35 heavy (non-hydrogen) atoms. The van der Waals surface area contributed by atoms with Crippen LogP contribution in [-0.2, 0) is 21.2 Å². The second-order valence-electron chi connectivity index (χ2n) is 7.27. The van der Waals surface area contributed by atoms with E-state index in [1.54, 1.807) is 38.5 Å². The molecule has 0 aliphatic rings. The van der Waals surface area contributed by atoms with Gasteiger partial charge in [-0.25, -0.2) is 13.1 Å². The van der Waals surface area contributed by atoms with Crippen LogP contribution in [0.15, 0.2) is 65.6 Å². The first kappa shape index (κ1) is 26.6. The number of benzene rings is 3. The summed E-state index contributed by atoms with van der Waals surface area (Å²) in [5.41, 5.74) is 1.30. The van der Waals surface area contributed by atoms with Gasteiger partial charge >= 0.3 is 0 Å². The number of amides is 1. The van der Waals surface area contributed by atoms with Crippen LogP contribution in [0.5, 0.6) is 17.2 Å². The summed E-state index contributed by atoms with van der Waals surface area (Å²) in [6.07, 6.45) is 0.466. The molecule has 0 radical (unpaired) electrons. The Morgan fingerprint density at radius 2 is 1.63 bits per heavy atom. The van der Waals surface area contributed by atoms with E-state index in [4.69, 9.17) is 37.4 Å². The molecule has 0 fully saturated rings. The topological polar surface area (TPSA) is 103 Å². The fraction of sp³-hybridized carbons (Fsp3) is 0.208. The molecule has 0 spiro atoms. The molecule has 2 N–H and O–H groups in total. The van der Waals surface area contributed by atoms with Crippen LogP contribution < -0.4 is 24.2 Å². The highest BCUT2D eigenvalue weighted by molar-refractivity contribution is 7.89. The molecule has 186 valence electrons. The molecule has 3 rings (SSSR count). The minimum Gasteiger partial charge on any atom is -0.493 e. The van der Waals surface area contributed by atoms with Crippen molar-refractivity contribution in [3.05, 3.63) is 76.3 Å². The molecule has 0 aromatic heterocycles. The summed E-state index contributed by atoms with van der Waals surface area (Å²) in [5.74, 6) is 1.09. The van der Waals surface area contributed by atoms with E-state index >= 15 is 0 Å². The molecule has 0 heterocycles. The van der Waals surface area contributed by atoms with Gasteiger partial charge in [-0.3, -0.25) is 4.79 Å². The predicted molar refractivity (Wildman–Crippen MR) is 135 cm³/mol. The van der Waals surface area contributed by atoms with Crippen molar-refractivity contribution in [2.45, 2.75) is 11.3 Å². The average molecular weight is 539 g/mol. The first-order valence-electron chi connectivity index (χ1n) is 10.4. The standard InChI is InChI=1S/C24H24Cl2N2O6S/c1-32-22-10-3-16(13-23(22)33-2)11-12-27-35(30,31)19-7-5-18(6-8-19)34-15-24(29)28-21-9-4-17(25)14-20(21)26/h3-10,13-14,27H,11-12,15H2,1-2H3,(H,28,29). The Balaban J connectivity index is 1.51. The lowest BCUT2D eigenvalue weighted by Crippen LogP contribution is -2.26. The minimum absolute atomic E-state index is 0.0783. The summed E-state index contributed by atoms with van der Waals surface area (Å²) < 4.78 is 43.7. The van der Waals surface area contributed by atoms with Gasteiger partial charge < -0.3 is 19.5 Å². The number of rotatable bonds is 11. The zero-order valence-corrected chi connectivity index (χ0v) is 21.3. The van der Waals surface area contributed by atoms with Crippen molar-refractivity contribution >= 4 is 44.8 Å². The van der Waals surface area contributed by atoms with Crippen LogP contribution in [0.1, 0.15) is 5.56 Å². The summed E-state index contributed by atoms with van der Waals surface area (Å²) in [4.78, 5) is 12.2. The third-order valence-corrected chi connectivity index (χ3v) is 6.89. The lowest BCUT2D eigenvalue weighted by Gasteiger charge is -2.11. The number of ether oxygens (including phenoxy) is 3. The quantitative estimate of drug-likeness (QED) is 0.371. The van der Waals surface area contributed by atoms with Gasteiger partial charge in [0, 0.05) is 11.6 Å². The van der Waals surface area contributed by atoms with Crippen LogP contribution >= 0.6 is 23.2 Å². The second-order valence-corrected chi connectivity index (χ2v) is 9.88. The number of nitrogens with one attached hydrogen (secondary N) is 2. The Morgan fingerprint density at radius 3 is 2.29 bits per heavy atom. The van der Waals surface area contributed by atoms with Crippen LogP contribution in [-0.4, -0.2) is 41.7 Å². The molecule has 0 saturated carbocycles. The van der Waals surface area contributed by atoms with Gasteiger partial charge in [-0.05, 0) is 66.6 Å². The lowest BCUT2D eigenvalue weighted by atomic mass is 10.1. The van der Waals surface area contributed by atoms with Crippen molar-refractivity contribution in [3.63, 3.8) is 0 Å². The maximum Gasteiger partial charge on any atom is 0.262 e. The monoisotopic (exact) mass is 538 g/mol. The van der Waals surface area contributed by atoms with E-state index in [9.17, 15) is 13.2 Å². The summed E-state index contributed by atoms with van der Waals surface area (Å²) >= 11 is 11.9. The molecule has 1 amide bonds. The number of sulfonamides is 1. The van der Waals surface area contributed by atoms with E-state index in [2.05, 4.69) is 10.0 Å². The Morgan fingerprint density at radius 1 is 0.914 bits per heavy atom. The molecule has 3 aromatic carbocycles. The van der Waals surface area contributed by atoms with E-state index in [-0.39, 0.29) is 18.0 Å². The van der Waals surface area contributed by atoms with Gasteiger partial charge in [0.25, 0.3) is 5.91 Å². The van der Waals surface area contributed by atoms with Gasteiger partial charge in [0.1, 0.15) is 5.75 Å². The van der Waals surface area contributed by atoms with Gasteiger partial charge in [0.15, 0.2) is 18.1 Å². The van der Waals surface area contributed by atoms with E-state index in [1.807, 2.05) is 6.07 Å². The van der Waals surface area contributed by atoms with Crippen LogP contribution in [0.3, 0.4) is 0 Å². The van der Waals surface area contributed by atoms with Crippen LogP contribution in [0.4, 0.5) is 5.69 Å². The maximum atomic E-state index is 12.6. The van der Waals surface area contributed by atoms with Crippen molar-refractivity contribution in [1.29, 1.82) is 0 Å². The lowest BCUT2D eigenvalue weighted by molar-refractivity contribution is -0.118. The molecule has 0 bridgehead atoms.